The van der Waals surface area contributed by atoms with Crippen LogP contribution in [0.3, 0.4) is 0 Å². The van der Waals surface area contributed by atoms with Gasteiger partial charge in [0, 0.05) is 30.0 Å². The summed E-state index contributed by atoms with van der Waals surface area (Å²) in [5.74, 6) is 1.72. The third-order valence-corrected chi connectivity index (χ3v) is 3.29. The molecule has 2 aromatic rings. The van der Waals surface area contributed by atoms with Gasteiger partial charge in [0.25, 0.3) is 0 Å². The molecule has 5 nitrogen and oxygen atoms in total. The molecule has 0 saturated heterocycles. The summed E-state index contributed by atoms with van der Waals surface area (Å²) in [6, 6.07) is 12.6. The van der Waals surface area contributed by atoms with E-state index in [-0.39, 0.29) is 5.91 Å². The number of carbonyl (C=O) groups is 1. The van der Waals surface area contributed by atoms with E-state index in [0.717, 1.165) is 11.3 Å². The lowest BCUT2D eigenvalue weighted by atomic mass is 10.2. The molecule has 0 aliphatic carbocycles. The zero-order valence-electron chi connectivity index (χ0n) is 14.3. The Kier molecular flexibility index (Phi) is 6.65. The van der Waals surface area contributed by atoms with Crippen LogP contribution in [0.15, 0.2) is 61.2 Å². The fourth-order valence-corrected chi connectivity index (χ4v) is 2.07. The molecule has 0 spiro atoms. The molecule has 1 N–H and O–H groups in total. The summed E-state index contributed by atoms with van der Waals surface area (Å²) in [4.78, 5) is 12.1. The minimum absolute atomic E-state index is 0.248. The van der Waals surface area contributed by atoms with E-state index in [1.54, 1.807) is 44.6 Å². The predicted octanol–water partition coefficient (Wildman–Crippen LogP) is 3.92. The highest BCUT2D eigenvalue weighted by molar-refractivity contribution is 6.02. The molecule has 0 heterocycles. The molecule has 0 unspecified atom stereocenters. The van der Waals surface area contributed by atoms with Gasteiger partial charge in [0.1, 0.15) is 23.9 Å². The zero-order valence-corrected chi connectivity index (χ0v) is 14.3. The molecule has 0 fully saturated rings. The smallest absolute Gasteiger partial charge is 0.248 e. The van der Waals surface area contributed by atoms with Crippen molar-refractivity contribution in [3.8, 4) is 17.2 Å². The number of ether oxygens (including phenoxy) is 3. The highest BCUT2D eigenvalue weighted by atomic mass is 16.5. The van der Waals surface area contributed by atoms with Crippen LogP contribution in [0.2, 0.25) is 0 Å². The van der Waals surface area contributed by atoms with Crippen molar-refractivity contribution < 1.29 is 19.0 Å². The van der Waals surface area contributed by atoms with Crippen LogP contribution in [0.1, 0.15) is 5.56 Å². The maximum Gasteiger partial charge on any atom is 0.248 e. The van der Waals surface area contributed by atoms with Crippen LogP contribution in [0.25, 0.3) is 6.08 Å². The number of rotatable bonds is 8. The van der Waals surface area contributed by atoms with Crippen LogP contribution < -0.4 is 19.5 Å². The summed E-state index contributed by atoms with van der Waals surface area (Å²) in [6.45, 7) is 4.06. The molecule has 0 atom stereocenters. The van der Waals surface area contributed by atoms with E-state index in [2.05, 4.69) is 11.9 Å². The fraction of sp³-hybridized carbons (Fsp3) is 0.150. The van der Waals surface area contributed by atoms with E-state index in [9.17, 15) is 4.79 Å². The largest absolute Gasteiger partial charge is 0.497 e. The maximum absolute atomic E-state index is 12.1. The zero-order chi connectivity index (χ0) is 18.1. The number of anilines is 1. The number of methoxy groups -OCH3 is 2. The van der Waals surface area contributed by atoms with Crippen LogP contribution in [0.5, 0.6) is 17.2 Å². The quantitative estimate of drug-likeness (QED) is 0.585. The molecule has 1 amide bonds. The van der Waals surface area contributed by atoms with E-state index in [0.29, 0.717) is 23.8 Å². The number of amides is 1. The molecule has 2 aromatic carbocycles. The Bertz CT molecular complexity index is 729. The molecule has 2 rings (SSSR count). The average Bonchev–Trinajstić information content (AvgIpc) is 2.65. The first-order valence-electron chi connectivity index (χ1n) is 7.70. The van der Waals surface area contributed by atoms with Crippen molar-refractivity contribution in [1.29, 1.82) is 0 Å². The first-order valence-corrected chi connectivity index (χ1v) is 7.70. The molecule has 0 bridgehead atoms. The van der Waals surface area contributed by atoms with Gasteiger partial charge in [-0.25, -0.2) is 0 Å². The van der Waals surface area contributed by atoms with Gasteiger partial charge in [0.2, 0.25) is 5.91 Å². The lowest BCUT2D eigenvalue weighted by Gasteiger charge is -2.08. The molecule has 130 valence electrons. The van der Waals surface area contributed by atoms with E-state index in [4.69, 9.17) is 14.2 Å². The molecule has 0 saturated carbocycles. The van der Waals surface area contributed by atoms with E-state index in [1.165, 1.54) is 6.08 Å². The van der Waals surface area contributed by atoms with Gasteiger partial charge in [-0.2, -0.15) is 0 Å². The van der Waals surface area contributed by atoms with Crippen LogP contribution in [-0.2, 0) is 4.79 Å². The highest BCUT2D eigenvalue weighted by Crippen LogP contribution is 2.25. The first kappa shape index (κ1) is 18.1. The minimum Gasteiger partial charge on any atom is -0.497 e. The van der Waals surface area contributed by atoms with Crippen molar-refractivity contribution in [2.45, 2.75) is 0 Å². The maximum atomic E-state index is 12.1. The molecule has 0 radical (unpaired) electrons. The van der Waals surface area contributed by atoms with Gasteiger partial charge in [-0.05, 0) is 23.8 Å². The normalized spacial score (nSPS) is 10.3. The predicted molar refractivity (Wildman–Crippen MR) is 99.3 cm³/mol. The molecule has 25 heavy (non-hydrogen) atoms. The molecule has 0 aromatic heterocycles. The van der Waals surface area contributed by atoms with Gasteiger partial charge in [-0.15, -0.1) is 0 Å². The summed E-state index contributed by atoms with van der Waals surface area (Å²) < 4.78 is 15.8. The van der Waals surface area contributed by atoms with Crippen molar-refractivity contribution in [2.75, 3.05) is 26.1 Å². The summed E-state index contributed by atoms with van der Waals surface area (Å²) >= 11 is 0. The third kappa shape index (κ3) is 5.73. The van der Waals surface area contributed by atoms with Crippen molar-refractivity contribution in [2.24, 2.45) is 0 Å². The van der Waals surface area contributed by atoms with E-state index < -0.39 is 0 Å². The number of nitrogens with one attached hydrogen (secondary N) is 1. The van der Waals surface area contributed by atoms with E-state index >= 15 is 0 Å². The van der Waals surface area contributed by atoms with Gasteiger partial charge in [-0.3, -0.25) is 4.79 Å². The van der Waals surface area contributed by atoms with Crippen molar-refractivity contribution in [3.63, 3.8) is 0 Å². The molecule has 5 heteroatoms. The fourth-order valence-electron chi connectivity index (χ4n) is 2.07. The summed E-state index contributed by atoms with van der Waals surface area (Å²) in [6.07, 6.45) is 4.88. The second-order valence-corrected chi connectivity index (χ2v) is 5.09. The third-order valence-electron chi connectivity index (χ3n) is 3.29. The number of carbonyl (C=O) groups excluding carboxylic acids is 1. The SMILES string of the molecule is C=CCOc1ccc(/C=C/C(=O)Nc2cc(OC)cc(OC)c2)cc1. The Morgan fingerprint density at radius 2 is 1.68 bits per heavy atom. The minimum atomic E-state index is -0.248. The summed E-state index contributed by atoms with van der Waals surface area (Å²) in [5, 5.41) is 2.78. The van der Waals surface area contributed by atoms with Gasteiger partial charge in [-0.1, -0.05) is 24.8 Å². The monoisotopic (exact) mass is 339 g/mol. The Hall–Kier alpha value is -3.21. The average molecular weight is 339 g/mol. The van der Waals surface area contributed by atoms with Crippen LogP contribution in [-0.4, -0.2) is 26.7 Å². The van der Waals surface area contributed by atoms with Crippen LogP contribution >= 0.6 is 0 Å². The standard InChI is InChI=1S/C20H21NO4/c1-4-11-25-17-8-5-15(6-9-17)7-10-20(22)21-16-12-18(23-2)14-19(13-16)24-3/h4-10,12-14H,1,11H2,2-3H3,(H,21,22)/b10-7+. The van der Waals surface area contributed by atoms with Crippen LogP contribution in [0.4, 0.5) is 5.69 Å². The van der Waals surface area contributed by atoms with Gasteiger partial charge < -0.3 is 19.5 Å². The summed E-state index contributed by atoms with van der Waals surface area (Å²) in [5.41, 5.74) is 1.49. The number of benzene rings is 2. The molecule has 0 aliphatic heterocycles. The Balaban J connectivity index is 1.99. The molecular formula is C20H21NO4. The Labute approximate surface area is 147 Å². The van der Waals surface area contributed by atoms with Crippen molar-refractivity contribution >= 4 is 17.7 Å². The second kappa shape index (κ2) is 9.17. The van der Waals surface area contributed by atoms with Crippen molar-refractivity contribution in [3.05, 3.63) is 66.8 Å². The Morgan fingerprint density at radius 1 is 1.04 bits per heavy atom. The second-order valence-electron chi connectivity index (χ2n) is 5.09. The van der Waals surface area contributed by atoms with Crippen molar-refractivity contribution in [1.82, 2.24) is 0 Å². The lowest BCUT2D eigenvalue weighted by Crippen LogP contribution is -2.08. The van der Waals surface area contributed by atoms with E-state index in [1.807, 2.05) is 24.3 Å². The molecule has 0 aliphatic rings. The topological polar surface area (TPSA) is 56.8 Å². The van der Waals surface area contributed by atoms with Crippen LogP contribution in [0, 0.1) is 0 Å². The number of hydrogen-bond donors (Lipinski definition) is 1. The van der Waals surface area contributed by atoms with Gasteiger partial charge >= 0.3 is 0 Å². The highest BCUT2D eigenvalue weighted by Gasteiger charge is 2.04. The van der Waals surface area contributed by atoms with Gasteiger partial charge in [0.15, 0.2) is 0 Å². The van der Waals surface area contributed by atoms with Gasteiger partial charge in [0.05, 0.1) is 14.2 Å². The first-order chi connectivity index (χ1) is 12.1. The summed E-state index contributed by atoms with van der Waals surface area (Å²) in [7, 11) is 3.12. The lowest BCUT2D eigenvalue weighted by molar-refractivity contribution is -0.111. The Morgan fingerprint density at radius 3 is 2.24 bits per heavy atom. The molecular weight excluding hydrogens is 318 g/mol. The number of hydrogen-bond acceptors (Lipinski definition) is 4.